The molecule has 0 spiro atoms. The molecule has 0 amide bonds. The van der Waals surface area contributed by atoms with Crippen LogP contribution in [0.15, 0.2) is 66.7 Å². The molecule has 168 valence electrons. The SMILES string of the molecule is C[C@@H](CC1CCC(c2ccc(CCc3cc(F)c(Cl)c(F)c3)cc2)CC1)c1ccccc1. The predicted octanol–water partition coefficient (Wildman–Crippen LogP) is 8.87. The van der Waals surface area contributed by atoms with E-state index in [0.29, 0.717) is 23.8 Å². The Morgan fingerprint density at radius 2 is 1.41 bits per heavy atom. The Labute approximate surface area is 195 Å². The van der Waals surface area contributed by atoms with Crippen LogP contribution in [0.1, 0.15) is 73.1 Å². The summed E-state index contributed by atoms with van der Waals surface area (Å²) in [7, 11) is 0. The second-order valence-corrected chi connectivity index (χ2v) is 9.76. The summed E-state index contributed by atoms with van der Waals surface area (Å²) in [5, 5.41) is -0.428. The van der Waals surface area contributed by atoms with Gasteiger partial charge in [0.1, 0.15) is 16.7 Å². The van der Waals surface area contributed by atoms with Crippen LogP contribution in [0.25, 0.3) is 0 Å². The van der Waals surface area contributed by atoms with Crippen LogP contribution in [-0.2, 0) is 12.8 Å². The number of hydrogen-bond acceptors (Lipinski definition) is 0. The summed E-state index contributed by atoms with van der Waals surface area (Å²) in [4.78, 5) is 0. The number of benzene rings is 3. The van der Waals surface area contributed by atoms with E-state index in [4.69, 9.17) is 11.6 Å². The van der Waals surface area contributed by atoms with Gasteiger partial charge in [-0.1, -0.05) is 73.1 Å². The molecule has 1 aliphatic rings. The number of hydrogen-bond donors (Lipinski definition) is 0. The van der Waals surface area contributed by atoms with Gasteiger partial charge in [-0.15, -0.1) is 0 Å². The highest BCUT2D eigenvalue weighted by Crippen LogP contribution is 2.39. The van der Waals surface area contributed by atoms with Gasteiger partial charge in [0.25, 0.3) is 0 Å². The van der Waals surface area contributed by atoms with Gasteiger partial charge in [-0.3, -0.25) is 0 Å². The minimum atomic E-state index is -0.689. The number of halogens is 3. The molecule has 0 heterocycles. The van der Waals surface area contributed by atoms with Crippen LogP contribution in [0.3, 0.4) is 0 Å². The van der Waals surface area contributed by atoms with E-state index in [9.17, 15) is 8.78 Å². The first-order valence-corrected chi connectivity index (χ1v) is 12.1. The lowest BCUT2D eigenvalue weighted by Gasteiger charge is -2.30. The fourth-order valence-corrected chi connectivity index (χ4v) is 5.26. The second-order valence-electron chi connectivity index (χ2n) is 9.38. The fourth-order valence-electron chi connectivity index (χ4n) is 5.15. The van der Waals surface area contributed by atoms with Crippen LogP contribution >= 0.6 is 11.6 Å². The molecule has 3 aromatic rings. The van der Waals surface area contributed by atoms with Crippen molar-refractivity contribution in [3.05, 3.63) is 106 Å². The maximum Gasteiger partial charge on any atom is 0.145 e. The fraction of sp³-hybridized carbons (Fsp3) is 0.379. The van der Waals surface area contributed by atoms with E-state index in [1.54, 1.807) is 0 Å². The van der Waals surface area contributed by atoms with Crippen molar-refractivity contribution in [3.63, 3.8) is 0 Å². The van der Waals surface area contributed by atoms with E-state index >= 15 is 0 Å². The highest BCUT2D eigenvalue weighted by molar-refractivity contribution is 6.30. The molecule has 0 aromatic heterocycles. The van der Waals surface area contributed by atoms with Crippen molar-refractivity contribution in [2.24, 2.45) is 5.92 Å². The molecule has 0 saturated heterocycles. The molecule has 3 heteroatoms. The Morgan fingerprint density at radius 3 is 2.03 bits per heavy atom. The minimum Gasteiger partial charge on any atom is -0.205 e. The van der Waals surface area contributed by atoms with Crippen molar-refractivity contribution in [1.29, 1.82) is 0 Å². The Kier molecular flexibility index (Phi) is 7.63. The maximum absolute atomic E-state index is 13.6. The zero-order chi connectivity index (χ0) is 22.5. The van der Waals surface area contributed by atoms with E-state index in [0.717, 1.165) is 12.3 Å². The van der Waals surface area contributed by atoms with Gasteiger partial charge in [0.05, 0.1) is 0 Å². The van der Waals surface area contributed by atoms with Gasteiger partial charge in [-0.25, -0.2) is 8.78 Å². The van der Waals surface area contributed by atoms with Crippen LogP contribution in [0.5, 0.6) is 0 Å². The van der Waals surface area contributed by atoms with Crippen LogP contribution in [-0.4, -0.2) is 0 Å². The number of aryl methyl sites for hydroxylation is 2. The molecule has 1 fully saturated rings. The van der Waals surface area contributed by atoms with Crippen molar-refractivity contribution in [2.45, 2.75) is 63.7 Å². The average molecular weight is 453 g/mol. The summed E-state index contributed by atoms with van der Waals surface area (Å²) in [6.45, 7) is 2.35. The topological polar surface area (TPSA) is 0 Å². The molecule has 1 saturated carbocycles. The molecule has 1 atom stereocenters. The molecule has 0 unspecified atom stereocenters. The minimum absolute atomic E-state index is 0.428. The average Bonchev–Trinajstić information content (AvgIpc) is 2.82. The molecule has 0 radical (unpaired) electrons. The summed E-state index contributed by atoms with van der Waals surface area (Å²) in [6, 6.07) is 22.3. The molecule has 0 N–H and O–H groups in total. The summed E-state index contributed by atoms with van der Waals surface area (Å²) in [5.74, 6) is 0.712. The molecule has 4 rings (SSSR count). The van der Waals surface area contributed by atoms with E-state index in [-0.39, 0.29) is 0 Å². The van der Waals surface area contributed by atoms with Gasteiger partial charge in [0.2, 0.25) is 0 Å². The summed E-state index contributed by atoms with van der Waals surface area (Å²) in [6.07, 6.45) is 7.75. The molecule has 0 bridgehead atoms. The van der Waals surface area contributed by atoms with Crippen molar-refractivity contribution in [2.75, 3.05) is 0 Å². The van der Waals surface area contributed by atoms with Crippen LogP contribution in [0.2, 0.25) is 5.02 Å². The van der Waals surface area contributed by atoms with E-state index in [1.807, 2.05) is 0 Å². The Morgan fingerprint density at radius 1 is 0.812 bits per heavy atom. The molecule has 1 aliphatic carbocycles. The largest absolute Gasteiger partial charge is 0.205 e. The highest BCUT2D eigenvalue weighted by Gasteiger charge is 2.24. The van der Waals surface area contributed by atoms with E-state index in [2.05, 4.69) is 61.5 Å². The Bertz CT molecular complexity index is 982. The van der Waals surface area contributed by atoms with E-state index < -0.39 is 16.7 Å². The predicted molar refractivity (Wildman–Crippen MR) is 129 cm³/mol. The second kappa shape index (κ2) is 10.6. The zero-order valence-corrected chi connectivity index (χ0v) is 19.4. The highest BCUT2D eigenvalue weighted by atomic mass is 35.5. The third-order valence-electron chi connectivity index (χ3n) is 7.10. The van der Waals surface area contributed by atoms with Crippen molar-refractivity contribution in [3.8, 4) is 0 Å². The summed E-state index contributed by atoms with van der Waals surface area (Å²) in [5.41, 5.74) is 4.70. The molecule has 3 aromatic carbocycles. The molecule has 0 aliphatic heterocycles. The van der Waals surface area contributed by atoms with Gasteiger partial charge in [0, 0.05) is 0 Å². The quantitative estimate of drug-likeness (QED) is 0.314. The number of rotatable bonds is 7. The van der Waals surface area contributed by atoms with Gasteiger partial charge in [-0.05, 0) is 97.1 Å². The van der Waals surface area contributed by atoms with E-state index in [1.165, 1.54) is 60.9 Å². The maximum atomic E-state index is 13.6. The summed E-state index contributed by atoms with van der Waals surface area (Å²) < 4.78 is 27.3. The van der Waals surface area contributed by atoms with Crippen molar-refractivity contribution in [1.82, 2.24) is 0 Å². The molecule has 32 heavy (non-hydrogen) atoms. The third kappa shape index (κ3) is 5.78. The zero-order valence-electron chi connectivity index (χ0n) is 18.7. The Hall–Kier alpha value is -2.19. The first-order valence-electron chi connectivity index (χ1n) is 11.8. The lowest BCUT2D eigenvalue weighted by Crippen LogP contribution is -2.15. The monoisotopic (exact) mass is 452 g/mol. The van der Waals surface area contributed by atoms with Gasteiger partial charge in [0.15, 0.2) is 0 Å². The smallest absolute Gasteiger partial charge is 0.145 e. The van der Waals surface area contributed by atoms with Crippen LogP contribution < -0.4 is 0 Å². The summed E-state index contributed by atoms with van der Waals surface area (Å²) >= 11 is 5.57. The van der Waals surface area contributed by atoms with Gasteiger partial charge < -0.3 is 0 Å². The third-order valence-corrected chi connectivity index (χ3v) is 7.46. The van der Waals surface area contributed by atoms with Crippen molar-refractivity contribution >= 4 is 11.6 Å². The normalized spacial score (nSPS) is 19.6. The first kappa shape index (κ1) is 23.0. The Balaban J connectivity index is 1.27. The van der Waals surface area contributed by atoms with Crippen molar-refractivity contribution < 1.29 is 8.78 Å². The van der Waals surface area contributed by atoms with Gasteiger partial charge >= 0.3 is 0 Å². The van der Waals surface area contributed by atoms with Crippen LogP contribution in [0, 0.1) is 17.6 Å². The lowest BCUT2D eigenvalue weighted by atomic mass is 9.75. The molecular weight excluding hydrogens is 422 g/mol. The standard InChI is InChI=1S/C29H31ClF2/c1-20(24-5-3-2-4-6-24)17-22-11-15-26(16-12-22)25-13-9-21(10-14-25)7-8-23-18-27(31)29(30)28(32)19-23/h2-6,9-10,13-14,18-20,22,26H,7-8,11-12,15-17H2,1H3/t20-,22?,26?/m0/s1. The molecular formula is C29H31ClF2. The first-order chi connectivity index (χ1) is 15.5. The van der Waals surface area contributed by atoms with Gasteiger partial charge in [-0.2, -0.15) is 0 Å². The van der Waals surface area contributed by atoms with Crippen LogP contribution in [0.4, 0.5) is 8.78 Å². The molecule has 0 nitrogen and oxygen atoms in total. The lowest BCUT2D eigenvalue weighted by molar-refractivity contribution is 0.297.